The van der Waals surface area contributed by atoms with Gasteiger partial charge >= 0.3 is 0 Å². The van der Waals surface area contributed by atoms with Crippen molar-refractivity contribution in [1.82, 2.24) is 10.3 Å². The quantitative estimate of drug-likeness (QED) is 0.738. The smallest absolute Gasteiger partial charge is 0.266 e. The number of nitrogens with one attached hydrogen (secondary N) is 1. The van der Waals surface area contributed by atoms with Gasteiger partial charge in [0.2, 0.25) is 5.82 Å². The van der Waals surface area contributed by atoms with Crippen LogP contribution in [-0.2, 0) is 4.79 Å². The van der Waals surface area contributed by atoms with E-state index < -0.39 is 6.10 Å². The summed E-state index contributed by atoms with van der Waals surface area (Å²) in [4.78, 5) is 13.2. The molecule has 24 heavy (non-hydrogen) atoms. The summed E-state index contributed by atoms with van der Waals surface area (Å²) in [7, 11) is 1.54. The molecule has 124 valence electrons. The molecule has 0 aliphatic heterocycles. The minimum atomic E-state index is -0.755. The third-order valence-corrected chi connectivity index (χ3v) is 4.10. The summed E-state index contributed by atoms with van der Waals surface area (Å²) in [5.74, 6) is 0.936. The van der Waals surface area contributed by atoms with Gasteiger partial charge in [-0.2, -0.15) is 0 Å². The summed E-state index contributed by atoms with van der Waals surface area (Å²) < 4.78 is 15.6. The van der Waals surface area contributed by atoms with E-state index >= 15 is 0 Å². The molecule has 2 aromatic heterocycles. The summed E-state index contributed by atoms with van der Waals surface area (Å²) in [5, 5.41) is 12.2. The van der Waals surface area contributed by atoms with Crippen molar-refractivity contribution in [2.45, 2.75) is 13.0 Å². The molecule has 1 aromatic carbocycles. The van der Waals surface area contributed by atoms with Gasteiger partial charge in [-0.1, -0.05) is 18.2 Å². The van der Waals surface area contributed by atoms with Crippen molar-refractivity contribution in [2.75, 3.05) is 12.4 Å². The molecular formula is C16H15N3O4S. The summed E-state index contributed by atoms with van der Waals surface area (Å²) in [6.07, 6.45) is -0.755. The predicted molar refractivity (Wildman–Crippen MR) is 89.3 cm³/mol. The third-order valence-electron chi connectivity index (χ3n) is 3.23. The third kappa shape index (κ3) is 3.38. The molecule has 0 fully saturated rings. The molecule has 1 amide bonds. The van der Waals surface area contributed by atoms with Gasteiger partial charge in [0.05, 0.1) is 12.0 Å². The molecule has 0 unspecified atom stereocenters. The number of thiophene rings is 1. The maximum atomic E-state index is 12.4. The predicted octanol–water partition coefficient (Wildman–Crippen LogP) is 3.21. The molecule has 0 aliphatic rings. The number of benzene rings is 1. The number of anilines is 1. The molecule has 8 heteroatoms. The van der Waals surface area contributed by atoms with Crippen molar-refractivity contribution in [3.63, 3.8) is 0 Å². The number of para-hydroxylation sites is 2. The van der Waals surface area contributed by atoms with E-state index in [1.165, 1.54) is 11.3 Å². The second kappa shape index (κ2) is 7.14. The zero-order valence-electron chi connectivity index (χ0n) is 13.1. The first kappa shape index (κ1) is 16.0. The average molecular weight is 345 g/mol. The van der Waals surface area contributed by atoms with Crippen molar-refractivity contribution >= 4 is 23.1 Å². The molecule has 0 aliphatic carbocycles. The van der Waals surface area contributed by atoms with Crippen LogP contribution in [0.15, 0.2) is 46.4 Å². The van der Waals surface area contributed by atoms with Gasteiger partial charge in [-0.05, 0) is 40.8 Å². The maximum Gasteiger partial charge on any atom is 0.266 e. The monoisotopic (exact) mass is 345 g/mol. The fourth-order valence-corrected chi connectivity index (χ4v) is 2.73. The summed E-state index contributed by atoms with van der Waals surface area (Å²) >= 11 is 1.48. The minimum absolute atomic E-state index is 0.262. The highest BCUT2D eigenvalue weighted by molar-refractivity contribution is 7.13. The van der Waals surface area contributed by atoms with Crippen LogP contribution in [0.25, 0.3) is 10.6 Å². The van der Waals surface area contributed by atoms with E-state index in [1.54, 1.807) is 32.2 Å². The van der Waals surface area contributed by atoms with Crippen LogP contribution in [0.5, 0.6) is 11.5 Å². The van der Waals surface area contributed by atoms with Gasteiger partial charge < -0.3 is 14.8 Å². The van der Waals surface area contributed by atoms with Crippen molar-refractivity contribution in [1.29, 1.82) is 0 Å². The second-order valence-corrected chi connectivity index (χ2v) is 5.79. The van der Waals surface area contributed by atoms with E-state index in [1.807, 2.05) is 23.6 Å². The van der Waals surface area contributed by atoms with E-state index in [0.29, 0.717) is 17.2 Å². The molecule has 0 bridgehead atoms. The Hall–Kier alpha value is -2.87. The van der Waals surface area contributed by atoms with Gasteiger partial charge in [-0.3, -0.25) is 4.79 Å². The minimum Gasteiger partial charge on any atom is -0.493 e. The largest absolute Gasteiger partial charge is 0.493 e. The number of carbonyl (C=O) groups excluding carboxylic acids is 1. The fraction of sp³-hybridized carbons (Fsp3) is 0.188. The van der Waals surface area contributed by atoms with E-state index in [0.717, 1.165) is 4.88 Å². The van der Waals surface area contributed by atoms with Gasteiger partial charge in [0.1, 0.15) is 0 Å². The van der Waals surface area contributed by atoms with Crippen LogP contribution in [0, 0.1) is 0 Å². The number of hydrogen-bond acceptors (Lipinski definition) is 7. The van der Waals surface area contributed by atoms with E-state index in [2.05, 4.69) is 15.6 Å². The number of hydrogen-bond donors (Lipinski definition) is 1. The Balaban J connectivity index is 1.70. The van der Waals surface area contributed by atoms with Gasteiger partial charge in [0, 0.05) is 0 Å². The normalized spacial score (nSPS) is 11.8. The van der Waals surface area contributed by atoms with Crippen LogP contribution in [0.2, 0.25) is 0 Å². The lowest BCUT2D eigenvalue weighted by Gasteiger charge is -2.15. The molecule has 1 N–H and O–H groups in total. The number of nitrogens with zero attached hydrogens (tertiary/aromatic N) is 2. The van der Waals surface area contributed by atoms with Crippen molar-refractivity contribution < 1.29 is 18.9 Å². The fourth-order valence-electron chi connectivity index (χ4n) is 2.02. The molecule has 1 atom stereocenters. The number of rotatable bonds is 6. The average Bonchev–Trinajstić information content (AvgIpc) is 3.26. The summed E-state index contributed by atoms with van der Waals surface area (Å²) in [5.41, 5.74) is 0.489. The molecule has 7 nitrogen and oxygen atoms in total. The van der Waals surface area contributed by atoms with Crippen LogP contribution in [-0.4, -0.2) is 29.4 Å². The molecule has 2 heterocycles. The number of aromatic nitrogens is 2. The van der Waals surface area contributed by atoms with Crippen LogP contribution in [0.3, 0.4) is 0 Å². The summed E-state index contributed by atoms with van der Waals surface area (Å²) in [6.45, 7) is 1.64. The molecule has 0 spiro atoms. The first-order valence-electron chi connectivity index (χ1n) is 7.16. The van der Waals surface area contributed by atoms with Gasteiger partial charge in [0.15, 0.2) is 23.3 Å². The Morgan fingerprint density at radius 3 is 2.71 bits per heavy atom. The zero-order chi connectivity index (χ0) is 16.9. The van der Waals surface area contributed by atoms with E-state index in [-0.39, 0.29) is 11.7 Å². The van der Waals surface area contributed by atoms with Gasteiger partial charge in [-0.25, -0.2) is 4.63 Å². The Bertz CT molecular complexity index is 816. The van der Waals surface area contributed by atoms with Crippen molar-refractivity contribution in [3.05, 3.63) is 41.8 Å². The van der Waals surface area contributed by atoms with Crippen LogP contribution in [0.1, 0.15) is 6.92 Å². The number of ether oxygens (including phenoxy) is 2. The molecule has 3 aromatic rings. The molecule has 3 rings (SSSR count). The zero-order valence-corrected chi connectivity index (χ0v) is 13.9. The highest BCUT2D eigenvalue weighted by atomic mass is 32.1. The Labute approximate surface area is 142 Å². The molecule has 0 saturated carbocycles. The standard InChI is InChI=1S/C16H15N3O4S/c1-10(22-12-7-4-3-6-11(12)21-2)16(20)17-15-14(18-23-19-15)13-8-5-9-24-13/h3-10H,1-2H3,(H,17,19,20)/t10-/m1/s1. The highest BCUT2D eigenvalue weighted by Gasteiger charge is 2.21. The number of carbonyl (C=O) groups is 1. The molecule has 0 saturated heterocycles. The first-order valence-corrected chi connectivity index (χ1v) is 8.04. The molecular weight excluding hydrogens is 330 g/mol. The number of methoxy groups -OCH3 is 1. The van der Waals surface area contributed by atoms with E-state index in [4.69, 9.17) is 14.1 Å². The van der Waals surface area contributed by atoms with Gasteiger partial charge in [0.25, 0.3) is 5.91 Å². The topological polar surface area (TPSA) is 86.5 Å². The van der Waals surface area contributed by atoms with Crippen LogP contribution < -0.4 is 14.8 Å². The second-order valence-electron chi connectivity index (χ2n) is 4.84. The lowest BCUT2D eigenvalue weighted by molar-refractivity contribution is -0.122. The van der Waals surface area contributed by atoms with Gasteiger partial charge in [-0.15, -0.1) is 11.3 Å². The van der Waals surface area contributed by atoms with Crippen molar-refractivity contribution in [2.24, 2.45) is 0 Å². The Morgan fingerprint density at radius 2 is 2.00 bits per heavy atom. The van der Waals surface area contributed by atoms with E-state index in [9.17, 15) is 4.79 Å². The maximum absolute atomic E-state index is 12.4. The van der Waals surface area contributed by atoms with Crippen LogP contribution >= 0.6 is 11.3 Å². The highest BCUT2D eigenvalue weighted by Crippen LogP contribution is 2.29. The summed E-state index contributed by atoms with van der Waals surface area (Å²) in [6, 6.07) is 10.9. The lowest BCUT2D eigenvalue weighted by atomic mass is 10.3. The van der Waals surface area contributed by atoms with Crippen molar-refractivity contribution in [3.8, 4) is 22.1 Å². The van der Waals surface area contributed by atoms with Crippen LogP contribution in [0.4, 0.5) is 5.82 Å². The molecule has 0 radical (unpaired) electrons. The first-order chi connectivity index (χ1) is 11.7. The Morgan fingerprint density at radius 1 is 1.21 bits per heavy atom. The Kier molecular flexibility index (Phi) is 4.76. The SMILES string of the molecule is COc1ccccc1O[C@H](C)C(=O)Nc1nonc1-c1cccs1. The lowest BCUT2D eigenvalue weighted by Crippen LogP contribution is -2.30. The number of amides is 1.